The monoisotopic (exact) mass is 252 g/mol. The molecule has 1 aromatic heterocycles. The van der Waals surface area contributed by atoms with E-state index in [2.05, 4.69) is 4.98 Å². The molecule has 2 N–H and O–H groups in total. The maximum atomic E-state index is 12.5. The zero-order chi connectivity index (χ0) is 13.8. The van der Waals surface area contributed by atoms with Gasteiger partial charge in [-0.3, -0.25) is 4.79 Å². The Morgan fingerprint density at radius 1 is 1.50 bits per heavy atom. The lowest BCUT2D eigenvalue weighted by molar-refractivity contribution is -0.141. The van der Waals surface area contributed by atoms with Crippen molar-refractivity contribution in [1.82, 2.24) is 14.5 Å². The van der Waals surface area contributed by atoms with Gasteiger partial charge >= 0.3 is 0 Å². The Balaban J connectivity index is 2.80. The zero-order valence-corrected chi connectivity index (χ0v) is 11.8. The molecule has 0 spiro atoms. The van der Waals surface area contributed by atoms with Crippen molar-refractivity contribution >= 4 is 5.91 Å². The van der Waals surface area contributed by atoms with Gasteiger partial charge in [0.1, 0.15) is 5.82 Å². The third-order valence-electron chi connectivity index (χ3n) is 3.84. The van der Waals surface area contributed by atoms with Crippen LogP contribution in [0, 0.1) is 5.41 Å². The van der Waals surface area contributed by atoms with E-state index in [1.165, 1.54) is 0 Å². The lowest BCUT2D eigenvalue weighted by Gasteiger charge is -2.33. The van der Waals surface area contributed by atoms with E-state index in [9.17, 15) is 4.79 Å². The summed E-state index contributed by atoms with van der Waals surface area (Å²) in [4.78, 5) is 18.5. The van der Waals surface area contributed by atoms with Crippen molar-refractivity contribution in [2.24, 2.45) is 18.2 Å². The van der Waals surface area contributed by atoms with E-state index < -0.39 is 5.41 Å². The van der Waals surface area contributed by atoms with Crippen LogP contribution in [0.4, 0.5) is 0 Å². The number of hydrogen-bond acceptors (Lipinski definition) is 3. The largest absolute Gasteiger partial charge is 0.338 e. The van der Waals surface area contributed by atoms with E-state index in [4.69, 9.17) is 5.73 Å². The summed E-state index contributed by atoms with van der Waals surface area (Å²) in [5, 5.41) is 0. The van der Waals surface area contributed by atoms with Crippen molar-refractivity contribution in [3.63, 3.8) is 0 Å². The molecule has 0 aliphatic rings. The van der Waals surface area contributed by atoms with Crippen LogP contribution in [0.2, 0.25) is 0 Å². The van der Waals surface area contributed by atoms with Gasteiger partial charge in [-0.1, -0.05) is 13.8 Å². The molecule has 18 heavy (non-hydrogen) atoms. The van der Waals surface area contributed by atoms with Crippen LogP contribution >= 0.6 is 0 Å². The SMILES string of the molecule is CCC(CC)(CN)C(=O)N(C)Cc1nccn1C. The molecule has 1 aromatic rings. The van der Waals surface area contributed by atoms with Crippen molar-refractivity contribution < 1.29 is 4.79 Å². The molecule has 102 valence electrons. The molecule has 1 rings (SSSR count). The molecule has 5 nitrogen and oxygen atoms in total. The maximum absolute atomic E-state index is 12.5. The third kappa shape index (κ3) is 2.72. The van der Waals surface area contributed by atoms with E-state index in [1.54, 1.807) is 11.1 Å². The second-order valence-electron chi connectivity index (χ2n) is 4.81. The number of aryl methyl sites for hydroxylation is 1. The lowest BCUT2D eigenvalue weighted by Crippen LogP contribution is -2.46. The molecule has 1 heterocycles. The summed E-state index contributed by atoms with van der Waals surface area (Å²) in [6.45, 7) is 4.94. The van der Waals surface area contributed by atoms with E-state index in [0.717, 1.165) is 18.7 Å². The van der Waals surface area contributed by atoms with Crippen LogP contribution in [0.5, 0.6) is 0 Å². The van der Waals surface area contributed by atoms with Gasteiger partial charge in [-0.25, -0.2) is 4.98 Å². The molecule has 5 heteroatoms. The highest BCUT2D eigenvalue weighted by Crippen LogP contribution is 2.27. The highest BCUT2D eigenvalue weighted by atomic mass is 16.2. The number of carbonyl (C=O) groups excluding carboxylic acids is 1. The standard InChI is InChI=1S/C13H24N4O/c1-5-13(6-2,10-14)12(18)17(4)9-11-15-7-8-16(11)3/h7-8H,5-6,9-10,14H2,1-4H3. The summed E-state index contributed by atoms with van der Waals surface area (Å²) in [6.07, 6.45) is 5.15. The van der Waals surface area contributed by atoms with Gasteiger partial charge in [0.15, 0.2) is 0 Å². The van der Waals surface area contributed by atoms with Crippen molar-refractivity contribution in [2.75, 3.05) is 13.6 Å². The van der Waals surface area contributed by atoms with Crippen LogP contribution in [0.15, 0.2) is 12.4 Å². The van der Waals surface area contributed by atoms with Crippen LogP contribution in [0.1, 0.15) is 32.5 Å². The fourth-order valence-electron chi connectivity index (χ4n) is 2.17. The lowest BCUT2D eigenvalue weighted by atomic mass is 9.81. The molecule has 0 unspecified atom stereocenters. The molecule has 0 atom stereocenters. The summed E-state index contributed by atoms with van der Waals surface area (Å²) in [5.41, 5.74) is 5.37. The first kappa shape index (κ1) is 14.7. The molecule has 0 aliphatic carbocycles. The van der Waals surface area contributed by atoms with E-state index in [0.29, 0.717) is 13.1 Å². The predicted octanol–water partition coefficient (Wildman–Crippen LogP) is 1.14. The van der Waals surface area contributed by atoms with Crippen LogP contribution in [-0.2, 0) is 18.4 Å². The van der Waals surface area contributed by atoms with Gasteiger partial charge in [0.25, 0.3) is 0 Å². The molecule has 0 saturated heterocycles. The minimum absolute atomic E-state index is 0.109. The third-order valence-corrected chi connectivity index (χ3v) is 3.84. The van der Waals surface area contributed by atoms with E-state index in [1.807, 2.05) is 38.7 Å². The first-order chi connectivity index (χ1) is 8.50. The van der Waals surface area contributed by atoms with Gasteiger partial charge in [-0.15, -0.1) is 0 Å². The van der Waals surface area contributed by atoms with Gasteiger partial charge in [0, 0.05) is 33.0 Å². The number of nitrogens with zero attached hydrogens (tertiary/aromatic N) is 3. The highest BCUT2D eigenvalue weighted by Gasteiger charge is 2.35. The number of carbonyl (C=O) groups is 1. The van der Waals surface area contributed by atoms with E-state index >= 15 is 0 Å². The Morgan fingerprint density at radius 3 is 2.50 bits per heavy atom. The average Bonchev–Trinajstić information content (AvgIpc) is 2.77. The van der Waals surface area contributed by atoms with Gasteiger partial charge in [0.2, 0.25) is 5.91 Å². The van der Waals surface area contributed by atoms with Crippen LogP contribution in [0.3, 0.4) is 0 Å². The predicted molar refractivity (Wildman–Crippen MR) is 71.8 cm³/mol. The minimum atomic E-state index is -0.431. The fraction of sp³-hybridized carbons (Fsp3) is 0.692. The quantitative estimate of drug-likeness (QED) is 0.826. The zero-order valence-electron chi connectivity index (χ0n) is 11.8. The van der Waals surface area contributed by atoms with Gasteiger partial charge < -0.3 is 15.2 Å². The highest BCUT2D eigenvalue weighted by molar-refractivity contribution is 5.82. The van der Waals surface area contributed by atoms with Crippen molar-refractivity contribution in [1.29, 1.82) is 0 Å². The number of hydrogen-bond donors (Lipinski definition) is 1. The van der Waals surface area contributed by atoms with Crippen LogP contribution in [0.25, 0.3) is 0 Å². The number of imidazole rings is 1. The number of rotatable bonds is 6. The summed E-state index contributed by atoms with van der Waals surface area (Å²) >= 11 is 0. The fourth-order valence-corrected chi connectivity index (χ4v) is 2.17. The summed E-state index contributed by atoms with van der Waals surface area (Å²) < 4.78 is 1.92. The Hall–Kier alpha value is -1.36. The van der Waals surface area contributed by atoms with Crippen molar-refractivity contribution in [3.05, 3.63) is 18.2 Å². The molecule has 0 saturated carbocycles. The number of amides is 1. The van der Waals surface area contributed by atoms with Gasteiger partial charge in [-0.2, -0.15) is 0 Å². The Labute approximate surface area is 109 Å². The Kier molecular flexibility index (Phi) is 4.90. The molecule has 0 bridgehead atoms. The topological polar surface area (TPSA) is 64.2 Å². The van der Waals surface area contributed by atoms with Crippen molar-refractivity contribution in [3.8, 4) is 0 Å². The molecule has 1 amide bonds. The molecular weight excluding hydrogens is 228 g/mol. The molecule has 0 aromatic carbocycles. The van der Waals surface area contributed by atoms with Gasteiger partial charge in [-0.05, 0) is 12.8 Å². The second-order valence-corrected chi connectivity index (χ2v) is 4.81. The molecule has 0 radical (unpaired) electrons. The van der Waals surface area contributed by atoms with Crippen molar-refractivity contribution in [2.45, 2.75) is 33.2 Å². The summed E-state index contributed by atoms with van der Waals surface area (Å²) in [6, 6.07) is 0. The molecule has 0 fully saturated rings. The minimum Gasteiger partial charge on any atom is -0.338 e. The van der Waals surface area contributed by atoms with Crippen LogP contribution in [-0.4, -0.2) is 34.0 Å². The maximum Gasteiger partial charge on any atom is 0.230 e. The number of nitrogens with two attached hydrogens (primary N) is 1. The average molecular weight is 252 g/mol. The molecular formula is C13H24N4O. The smallest absolute Gasteiger partial charge is 0.230 e. The summed E-state index contributed by atoms with van der Waals surface area (Å²) in [7, 11) is 3.74. The first-order valence-electron chi connectivity index (χ1n) is 6.42. The van der Waals surface area contributed by atoms with Crippen LogP contribution < -0.4 is 5.73 Å². The molecule has 0 aliphatic heterocycles. The second kappa shape index (κ2) is 6.00. The summed E-state index contributed by atoms with van der Waals surface area (Å²) in [5.74, 6) is 0.988. The Bertz CT molecular complexity index is 387. The number of aromatic nitrogens is 2. The van der Waals surface area contributed by atoms with Gasteiger partial charge in [0.05, 0.1) is 12.0 Å². The normalized spacial score (nSPS) is 11.6. The first-order valence-corrected chi connectivity index (χ1v) is 6.42. The van der Waals surface area contributed by atoms with E-state index in [-0.39, 0.29) is 5.91 Å². The Morgan fingerprint density at radius 2 is 2.11 bits per heavy atom.